The van der Waals surface area contributed by atoms with Crippen LogP contribution in [0.2, 0.25) is 0 Å². The molecular formula is C14H17N5O3. The summed E-state index contributed by atoms with van der Waals surface area (Å²) in [5.41, 5.74) is 0.121. The summed E-state index contributed by atoms with van der Waals surface area (Å²) in [6.45, 7) is 2.08. The van der Waals surface area contributed by atoms with Crippen molar-refractivity contribution in [1.29, 1.82) is 0 Å². The van der Waals surface area contributed by atoms with Crippen LogP contribution in [0.25, 0.3) is 16.9 Å². The van der Waals surface area contributed by atoms with Gasteiger partial charge in [-0.05, 0) is 6.42 Å². The molecule has 0 unspecified atom stereocenters. The van der Waals surface area contributed by atoms with Crippen molar-refractivity contribution in [2.75, 3.05) is 0 Å². The van der Waals surface area contributed by atoms with Gasteiger partial charge in [-0.2, -0.15) is 0 Å². The van der Waals surface area contributed by atoms with Crippen LogP contribution in [0.4, 0.5) is 0 Å². The summed E-state index contributed by atoms with van der Waals surface area (Å²) in [4.78, 5) is 47.6. The smallest absolute Gasteiger partial charge is 0.309 e. The molecule has 3 N–H and O–H groups in total. The molecule has 0 aliphatic rings. The zero-order chi connectivity index (χ0) is 15.7. The van der Waals surface area contributed by atoms with Crippen LogP contribution in [0.1, 0.15) is 38.3 Å². The Morgan fingerprint density at radius 1 is 1.23 bits per heavy atom. The van der Waals surface area contributed by atoms with Gasteiger partial charge in [0, 0.05) is 12.8 Å². The third kappa shape index (κ3) is 2.47. The van der Waals surface area contributed by atoms with E-state index in [-0.39, 0.29) is 17.7 Å². The Bertz CT molecular complexity index is 943. The van der Waals surface area contributed by atoms with Gasteiger partial charge in [-0.25, -0.2) is 14.2 Å². The zero-order valence-corrected chi connectivity index (χ0v) is 12.2. The normalized spacial score (nSPS) is 11.5. The van der Waals surface area contributed by atoms with Crippen molar-refractivity contribution in [3.63, 3.8) is 0 Å². The summed E-state index contributed by atoms with van der Waals surface area (Å²) in [5.74, 6) is 0.390. The number of ketones is 1. The second-order valence-corrected chi connectivity index (χ2v) is 5.34. The van der Waals surface area contributed by atoms with Crippen molar-refractivity contribution in [3.05, 3.63) is 32.7 Å². The van der Waals surface area contributed by atoms with Crippen LogP contribution in [-0.2, 0) is 11.2 Å². The summed E-state index contributed by atoms with van der Waals surface area (Å²) in [6, 6.07) is 0. The highest BCUT2D eigenvalue weighted by Gasteiger charge is 2.14. The number of nitrogens with zero attached hydrogens (tertiary/aromatic N) is 2. The number of aromatic amines is 3. The first-order chi connectivity index (χ1) is 10.6. The molecular weight excluding hydrogens is 286 g/mol. The predicted octanol–water partition coefficient (Wildman–Crippen LogP) is 0.884. The highest BCUT2D eigenvalue weighted by molar-refractivity contribution is 5.80. The van der Waals surface area contributed by atoms with Crippen molar-refractivity contribution < 1.29 is 4.79 Å². The van der Waals surface area contributed by atoms with Crippen LogP contribution >= 0.6 is 0 Å². The lowest BCUT2D eigenvalue weighted by Gasteiger charge is -2.01. The van der Waals surface area contributed by atoms with Crippen molar-refractivity contribution in [1.82, 2.24) is 24.3 Å². The van der Waals surface area contributed by atoms with E-state index in [4.69, 9.17) is 0 Å². The Morgan fingerprint density at radius 2 is 2.05 bits per heavy atom. The number of carbonyl (C=O) groups excluding carboxylic acids is 1. The standard InChI is InChI=1S/C14H17N5O3/c1-2-3-4-5-9(20)6-8-7-15-13-17-11-10(12(21)19(8)13)16-14(22)18-11/h7H,2-6H2,1H3,(H,15,17)(H2,16,18,22). The van der Waals surface area contributed by atoms with E-state index in [2.05, 4.69) is 26.9 Å². The quantitative estimate of drug-likeness (QED) is 0.586. The zero-order valence-electron chi connectivity index (χ0n) is 12.2. The SMILES string of the molecule is CCCCCC(=O)Cc1cnc2[nH]c3[nH]c(=O)[nH]c3c(=O)n12. The first-order valence-corrected chi connectivity index (χ1v) is 7.32. The number of nitrogens with one attached hydrogen (secondary N) is 3. The number of Topliss-reactive ketones (excluding diaryl/α,β-unsaturated/α-hetero) is 1. The minimum atomic E-state index is -0.464. The molecule has 0 aromatic carbocycles. The lowest BCUT2D eigenvalue weighted by molar-refractivity contribution is -0.118. The van der Waals surface area contributed by atoms with Gasteiger partial charge in [0.05, 0.1) is 11.9 Å². The fourth-order valence-electron chi connectivity index (χ4n) is 2.55. The minimum absolute atomic E-state index is 0.0808. The number of hydrogen-bond donors (Lipinski definition) is 3. The number of fused-ring (bicyclic) bond motifs is 2. The third-order valence-electron chi connectivity index (χ3n) is 3.65. The largest absolute Gasteiger partial charge is 0.325 e. The van der Waals surface area contributed by atoms with Crippen LogP contribution in [0.3, 0.4) is 0 Å². The van der Waals surface area contributed by atoms with E-state index in [1.807, 2.05) is 0 Å². The Kier molecular flexibility index (Phi) is 3.66. The van der Waals surface area contributed by atoms with Crippen molar-refractivity contribution in [2.24, 2.45) is 0 Å². The molecule has 0 fully saturated rings. The van der Waals surface area contributed by atoms with E-state index >= 15 is 0 Å². The Labute approximate surface area is 124 Å². The summed E-state index contributed by atoms with van der Waals surface area (Å²) < 4.78 is 1.34. The second-order valence-electron chi connectivity index (χ2n) is 5.34. The predicted molar refractivity (Wildman–Crippen MR) is 81.1 cm³/mol. The van der Waals surface area contributed by atoms with Crippen LogP contribution in [-0.4, -0.2) is 30.1 Å². The molecule has 0 spiro atoms. The number of rotatable bonds is 6. The van der Waals surface area contributed by atoms with Gasteiger partial charge in [0.2, 0.25) is 5.78 Å². The van der Waals surface area contributed by atoms with Gasteiger partial charge in [-0.3, -0.25) is 19.6 Å². The number of aromatic nitrogens is 5. The van der Waals surface area contributed by atoms with Gasteiger partial charge >= 0.3 is 5.69 Å². The summed E-state index contributed by atoms with van der Waals surface area (Å²) in [6.07, 6.45) is 5.11. The van der Waals surface area contributed by atoms with E-state index < -0.39 is 11.2 Å². The Hall–Kier alpha value is -2.64. The average Bonchev–Trinajstić information content (AvgIpc) is 3.03. The van der Waals surface area contributed by atoms with E-state index in [1.54, 1.807) is 0 Å². The lowest BCUT2D eigenvalue weighted by Crippen LogP contribution is -2.18. The summed E-state index contributed by atoms with van der Waals surface area (Å²) >= 11 is 0. The lowest BCUT2D eigenvalue weighted by atomic mass is 10.1. The fraction of sp³-hybridized carbons (Fsp3) is 0.429. The number of hydrogen-bond acceptors (Lipinski definition) is 4. The van der Waals surface area contributed by atoms with E-state index in [0.717, 1.165) is 19.3 Å². The molecule has 0 aliphatic carbocycles. The molecule has 0 bridgehead atoms. The van der Waals surface area contributed by atoms with E-state index in [1.165, 1.54) is 10.6 Å². The van der Waals surface area contributed by atoms with Crippen LogP contribution in [0, 0.1) is 0 Å². The van der Waals surface area contributed by atoms with Crippen LogP contribution in [0.5, 0.6) is 0 Å². The molecule has 3 aromatic heterocycles. The monoisotopic (exact) mass is 303 g/mol. The van der Waals surface area contributed by atoms with Crippen LogP contribution < -0.4 is 11.2 Å². The molecule has 0 atom stereocenters. The molecule has 22 heavy (non-hydrogen) atoms. The molecule has 0 radical (unpaired) electrons. The maximum absolute atomic E-state index is 12.4. The maximum Gasteiger partial charge on any atom is 0.325 e. The number of carbonyl (C=O) groups is 1. The van der Waals surface area contributed by atoms with Gasteiger partial charge in [-0.15, -0.1) is 0 Å². The van der Waals surface area contributed by atoms with Gasteiger partial charge in [0.15, 0.2) is 5.52 Å². The Balaban J connectivity index is 1.97. The van der Waals surface area contributed by atoms with Gasteiger partial charge in [0.1, 0.15) is 11.4 Å². The molecule has 0 saturated carbocycles. The highest BCUT2D eigenvalue weighted by Crippen LogP contribution is 2.08. The first-order valence-electron chi connectivity index (χ1n) is 7.32. The molecule has 3 heterocycles. The van der Waals surface area contributed by atoms with Crippen molar-refractivity contribution >= 4 is 22.7 Å². The maximum atomic E-state index is 12.4. The topological polar surface area (TPSA) is 116 Å². The van der Waals surface area contributed by atoms with Gasteiger partial charge in [-0.1, -0.05) is 19.8 Å². The summed E-state index contributed by atoms with van der Waals surface area (Å²) in [5, 5.41) is 0. The highest BCUT2D eigenvalue weighted by atomic mass is 16.1. The third-order valence-corrected chi connectivity index (χ3v) is 3.65. The second kappa shape index (κ2) is 5.63. The molecule has 8 heteroatoms. The van der Waals surface area contributed by atoms with Crippen LogP contribution in [0.15, 0.2) is 15.8 Å². The first kappa shape index (κ1) is 14.3. The molecule has 0 aliphatic heterocycles. The number of imidazole rings is 2. The van der Waals surface area contributed by atoms with Gasteiger partial charge in [0.25, 0.3) is 5.56 Å². The molecule has 0 saturated heterocycles. The number of H-pyrrole nitrogens is 3. The molecule has 0 amide bonds. The fourth-order valence-corrected chi connectivity index (χ4v) is 2.55. The van der Waals surface area contributed by atoms with E-state index in [0.29, 0.717) is 23.5 Å². The molecule has 8 nitrogen and oxygen atoms in total. The molecule has 116 valence electrons. The number of unbranched alkanes of at least 4 members (excludes halogenated alkanes) is 2. The average molecular weight is 303 g/mol. The molecule has 3 aromatic rings. The minimum Gasteiger partial charge on any atom is -0.309 e. The summed E-state index contributed by atoms with van der Waals surface area (Å²) in [7, 11) is 0. The van der Waals surface area contributed by atoms with Crippen molar-refractivity contribution in [3.8, 4) is 0 Å². The van der Waals surface area contributed by atoms with Gasteiger partial charge < -0.3 is 4.98 Å². The van der Waals surface area contributed by atoms with E-state index in [9.17, 15) is 14.4 Å². The Morgan fingerprint density at radius 3 is 2.82 bits per heavy atom. The molecule has 3 rings (SSSR count). The van der Waals surface area contributed by atoms with Crippen molar-refractivity contribution in [2.45, 2.75) is 39.0 Å².